The van der Waals surface area contributed by atoms with Crippen molar-refractivity contribution in [2.45, 2.75) is 39.3 Å². The van der Waals surface area contributed by atoms with E-state index in [0.717, 1.165) is 0 Å². The average molecular weight is 379 g/mol. The Hall–Kier alpha value is -1.61. The van der Waals surface area contributed by atoms with Crippen molar-refractivity contribution in [3.05, 3.63) is 66.9 Å². The first kappa shape index (κ1) is 19.7. The van der Waals surface area contributed by atoms with Gasteiger partial charge in [0.05, 0.1) is 0 Å². The van der Waals surface area contributed by atoms with Crippen LogP contribution in [0.2, 0.25) is 39.3 Å². The first-order valence-electron chi connectivity index (χ1n) is 8.93. The molecule has 25 heavy (non-hydrogen) atoms. The minimum absolute atomic E-state index is 1.42. The monoisotopic (exact) mass is 378 g/mol. The number of hydrogen-bond acceptors (Lipinski definition) is 0. The van der Waals surface area contributed by atoms with E-state index in [1.165, 1.54) is 15.6 Å². The summed E-state index contributed by atoms with van der Waals surface area (Å²) in [6.45, 7) is 18.1. The highest BCUT2D eigenvalue weighted by Gasteiger charge is 2.26. The molecule has 0 aliphatic carbocycles. The highest BCUT2D eigenvalue weighted by molar-refractivity contribution is 7.01. The molecule has 0 unspecified atom stereocenters. The van der Waals surface area contributed by atoms with Crippen LogP contribution < -0.4 is 15.6 Å². The summed E-state index contributed by atoms with van der Waals surface area (Å²) in [5.41, 5.74) is 9.59. The topological polar surface area (TPSA) is 0 Å². The zero-order chi connectivity index (χ0) is 18.7. The van der Waals surface area contributed by atoms with Crippen LogP contribution in [0.1, 0.15) is 0 Å². The van der Waals surface area contributed by atoms with Crippen LogP contribution in [-0.2, 0) is 0 Å². The minimum Gasteiger partial charge on any atom is -0.133 e. The molecule has 0 aliphatic heterocycles. The van der Waals surface area contributed by atoms with E-state index in [4.69, 9.17) is 0 Å². The molecule has 0 spiro atoms. The van der Waals surface area contributed by atoms with Crippen molar-refractivity contribution >= 4 is 39.8 Å². The van der Waals surface area contributed by atoms with Crippen LogP contribution in [0, 0.1) is 11.1 Å². The van der Waals surface area contributed by atoms with Crippen LogP contribution in [0.4, 0.5) is 0 Å². The molecule has 0 saturated heterocycles. The highest BCUT2D eigenvalue weighted by Crippen LogP contribution is 2.08. The average Bonchev–Trinajstić information content (AvgIpc) is 2.61. The molecule has 0 atom stereocenters. The fourth-order valence-corrected chi connectivity index (χ4v) is 8.82. The van der Waals surface area contributed by atoms with Gasteiger partial charge in [-0.25, -0.2) is 0 Å². The molecule has 2 aromatic carbocycles. The molecular formula is C22H30Si3. The third kappa shape index (κ3) is 4.72. The summed E-state index contributed by atoms with van der Waals surface area (Å²) in [5, 5.41) is 4.29. The summed E-state index contributed by atoms with van der Waals surface area (Å²) in [6, 6.07) is 20.0. The van der Waals surface area contributed by atoms with Gasteiger partial charge >= 0.3 is 0 Å². The summed E-state index contributed by atoms with van der Waals surface area (Å²) >= 11 is 0. The van der Waals surface area contributed by atoms with E-state index in [2.05, 4.69) is 117 Å². The summed E-state index contributed by atoms with van der Waals surface area (Å²) in [6.07, 6.45) is 0. The van der Waals surface area contributed by atoms with Gasteiger partial charge in [-0.15, -0.1) is 17.7 Å². The van der Waals surface area contributed by atoms with Crippen molar-refractivity contribution < 1.29 is 0 Å². The second-order valence-electron chi connectivity index (χ2n) is 8.37. The van der Waals surface area contributed by atoms with Gasteiger partial charge in [0.2, 0.25) is 0 Å². The van der Waals surface area contributed by atoms with Crippen LogP contribution in [-0.4, -0.2) is 24.2 Å². The Kier molecular flexibility index (Phi) is 5.78. The normalized spacial score (nSPS) is 12.2. The van der Waals surface area contributed by atoms with Crippen molar-refractivity contribution in [1.82, 2.24) is 0 Å². The highest BCUT2D eigenvalue weighted by atomic mass is 28.3. The summed E-state index contributed by atoms with van der Waals surface area (Å²) in [7, 11) is -4.93. The number of benzene rings is 2. The molecule has 0 heterocycles. The molecular weight excluding hydrogens is 349 g/mol. The predicted octanol–water partition coefficient (Wildman–Crippen LogP) is 3.94. The molecule has 0 radical (unpaired) electrons. The Bertz CT molecular complexity index is 789. The van der Waals surface area contributed by atoms with Crippen molar-refractivity contribution in [3.8, 4) is 11.1 Å². The van der Waals surface area contributed by atoms with Crippen LogP contribution in [0.5, 0.6) is 0 Å². The lowest BCUT2D eigenvalue weighted by Crippen LogP contribution is -2.45. The second-order valence-corrected chi connectivity index (χ2v) is 21.0. The van der Waals surface area contributed by atoms with Gasteiger partial charge in [-0.05, 0) is 10.4 Å². The summed E-state index contributed by atoms with van der Waals surface area (Å²) < 4.78 is 0. The Morgan fingerprint density at radius 2 is 1.04 bits per heavy atom. The fourth-order valence-electron chi connectivity index (χ4n) is 2.75. The maximum Gasteiger partial charge on any atom is 0.161 e. The first-order valence-corrected chi connectivity index (χ1v) is 18.0. The molecule has 0 nitrogen and oxygen atoms in total. The lowest BCUT2D eigenvalue weighted by molar-refractivity contribution is 1.71. The maximum absolute atomic E-state index is 4.02. The summed E-state index contributed by atoms with van der Waals surface area (Å²) in [4.78, 5) is 0. The first-order chi connectivity index (χ1) is 11.6. The van der Waals surface area contributed by atoms with E-state index in [1.54, 1.807) is 0 Å². The Morgan fingerprint density at radius 3 is 1.48 bits per heavy atom. The van der Waals surface area contributed by atoms with Gasteiger partial charge < -0.3 is 0 Å². The van der Waals surface area contributed by atoms with Gasteiger partial charge in [0.25, 0.3) is 0 Å². The van der Waals surface area contributed by atoms with Gasteiger partial charge in [-0.1, -0.05) is 105 Å². The molecule has 130 valence electrons. The molecule has 0 fully saturated rings. The van der Waals surface area contributed by atoms with Crippen molar-refractivity contribution in [2.75, 3.05) is 0 Å². The lowest BCUT2D eigenvalue weighted by atomic mass is 10.4. The van der Waals surface area contributed by atoms with Crippen LogP contribution in [0.3, 0.4) is 0 Å². The van der Waals surface area contributed by atoms with Gasteiger partial charge in [-0.3, -0.25) is 0 Å². The summed E-state index contributed by atoms with van der Waals surface area (Å²) in [5.74, 6) is 0. The maximum atomic E-state index is 4.02. The van der Waals surface area contributed by atoms with E-state index in [-0.39, 0.29) is 0 Å². The molecule has 0 N–H and O–H groups in total. The van der Waals surface area contributed by atoms with Gasteiger partial charge in [0, 0.05) is 0 Å². The van der Waals surface area contributed by atoms with E-state index in [1.807, 2.05) is 0 Å². The minimum atomic E-state index is -1.75. The SMILES string of the molecule is C=C[Si](C)(C)c1ccc([Si](C)(C)C#C[Si](C)(C)c2ccccc2)cc1. The van der Waals surface area contributed by atoms with Crippen LogP contribution in [0.15, 0.2) is 66.9 Å². The van der Waals surface area contributed by atoms with Crippen molar-refractivity contribution in [1.29, 1.82) is 0 Å². The van der Waals surface area contributed by atoms with E-state index >= 15 is 0 Å². The smallest absolute Gasteiger partial charge is 0.133 e. The predicted molar refractivity (Wildman–Crippen MR) is 122 cm³/mol. The quantitative estimate of drug-likeness (QED) is 0.558. The van der Waals surface area contributed by atoms with Gasteiger partial charge in [0.15, 0.2) is 16.1 Å². The van der Waals surface area contributed by atoms with Gasteiger partial charge in [0.1, 0.15) is 8.07 Å². The zero-order valence-corrected chi connectivity index (χ0v) is 19.5. The van der Waals surface area contributed by atoms with Crippen LogP contribution >= 0.6 is 0 Å². The van der Waals surface area contributed by atoms with E-state index in [9.17, 15) is 0 Å². The zero-order valence-electron chi connectivity index (χ0n) is 16.5. The van der Waals surface area contributed by atoms with Crippen molar-refractivity contribution in [2.24, 2.45) is 0 Å². The van der Waals surface area contributed by atoms with Gasteiger partial charge in [-0.2, -0.15) is 0 Å². The largest absolute Gasteiger partial charge is 0.161 e. The molecule has 3 heteroatoms. The third-order valence-corrected chi connectivity index (χ3v) is 13.2. The standard InChI is InChI=1S/C22H30Si3/c1-8-23(2,3)21-14-16-22(17-15-21)25(6,7)19-18-24(4,5)20-12-10-9-11-13-20/h8-17H,1H2,2-7H3. The molecule has 2 rings (SSSR count). The Morgan fingerprint density at radius 1 is 0.640 bits per heavy atom. The van der Waals surface area contributed by atoms with Crippen LogP contribution in [0.25, 0.3) is 0 Å². The molecule has 0 saturated carbocycles. The fraction of sp³-hybridized carbons (Fsp3) is 0.273. The molecule has 0 bridgehead atoms. The molecule has 0 aromatic heterocycles. The second kappa shape index (κ2) is 7.33. The van der Waals surface area contributed by atoms with Crippen molar-refractivity contribution in [3.63, 3.8) is 0 Å². The number of rotatable bonds is 4. The molecule has 2 aromatic rings. The Balaban J connectivity index is 2.30. The molecule has 0 aliphatic rings. The number of hydrogen-bond donors (Lipinski definition) is 0. The van der Waals surface area contributed by atoms with E-state index < -0.39 is 24.2 Å². The van der Waals surface area contributed by atoms with E-state index in [0.29, 0.717) is 0 Å². The lowest BCUT2D eigenvalue weighted by Gasteiger charge is -2.22. The third-order valence-electron chi connectivity index (χ3n) is 5.04. The Labute approximate surface area is 157 Å². The molecule has 0 amide bonds.